The first-order valence-corrected chi connectivity index (χ1v) is 6.83. The van der Waals surface area contributed by atoms with Crippen molar-refractivity contribution in [1.29, 1.82) is 5.26 Å². The number of carboxylic acids is 1. The molecule has 1 heterocycles. The highest BCUT2D eigenvalue weighted by Gasteiger charge is 2.18. The average molecular weight is 312 g/mol. The summed E-state index contributed by atoms with van der Waals surface area (Å²) in [6.45, 7) is 1.51. The first kappa shape index (κ1) is 14.4. The molecule has 0 saturated heterocycles. The Morgan fingerprint density at radius 3 is 2.50 bits per heavy atom. The number of thiazole rings is 1. The van der Waals surface area contributed by atoms with E-state index in [0.717, 1.165) is 23.5 Å². The van der Waals surface area contributed by atoms with Gasteiger partial charge in [-0.05, 0) is 19.1 Å². The van der Waals surface area contributed by atoms with Gasteiger partial charge < -0.3 is 5.11 Å². The van der Waals surface area contributed by atoms with Crippen LogP contribution in [0.2, 0.25) is 0 Å². The van der Waals surface area contributed by atoms with Crippen molar-refractivity contribution in [3.8, 4) is 6.07 Å². The molecule has 20 heavy (non-hydrogen) atoms. The molecule has 0 fully saturated rings. The number of benzene rings is 1. The number of halogens is 2. The molecule has 2 rings (SSSR count). The summed E-state index contributed by atoms with van der Waals surface area (Å²) in [6, 6.07) is 3.49. The number of aromatic carboxylic acids is 1. The molecule has 0 bridgehead atoms. The van der Waals surface area contributed by atoms with Crippen LogP contribution >= 0.6 is 23.1 Å². The number of aromatic nitrogens is 1. The number of carbonyl (C=O) groups is 1. The van der Waals surface area contributed by atoms with Crippen LogP contribution in [0.1, 0.15) is 20.9 Å². The number of hydrogen-bond acceptors (Lipinski definition) is 5. The fourth-order valence-corrected chi connectivity index (χ4v) is 3.40. The molecular formula is C12H6F2N2O2S2. The van der Waals surface area contributed by atoms with Crippen LogP contribution in [0, 0.1) is 29.9 Å². The summed E-state index contributed by atoms with van der Waals surface area (Å²) in [5, 5.41) is 17.5. The highest BCUT2D eigenvalue weighted by atomic mass is 32.2. The molecule has 0 aliphatic heterocycles. The fourth-order valence-electron chi connectivity index (χ4n) is 1.42. The smallest absolute Gasteiger partial charge is 0.347 e. The summed E-state index contributed by atoms with van der Waals surface area (Å²) in [5.74, 6) is -2.89. The summed E-state index contributed by atoms with van der Waals surface area (Å²) in [4.78, 5) is 14.6. The van der Waals surface area contributed by atoms with Crippen LogP contribution in [-0.2, 0) is 0 Å². The first-order chi connectivity index (χ1) is 9.42. The van der Waals surface area contributed by atoms with Crippen molar-refractivity contribution in [1.82, 2.24) is 4.98 Å². The second-order valence-corrected chi connectivity index (χ2v) is 5.94. The van der Waals surface area contributed by atoms with E-state index in [0.29, 0.717) is 17.5 Å². The minimum Gasteiger partial charge on any atom is -0.477 e. The molecule has 0 unspecified atom stereocenters. The summed E-state index contributed by atoms with van der Waals surface area (Å²) in [6.07, 6.45) is 0. The number of hydrogen-bond donors (Lipinski definition) is 1. The molecule has 102 valence electrons. The van der Waals surface area contributed by atoms with E-state index in [9.17, 15) is 13.6 Å². The van der Waals surface area contributed by atoms with Gasteiger partial charge in [-0.25, -0.2) is 18.6 Å². The molecule has 1 N–H and O–H groups in total. The molecule has 1 aromatic heterocycles. The molecule has 2 aromatic rings. The van der Waals surface area contributed by atoms with Crippen LogP contribution < -0.4 is 0 Å². The Labute approximate surface area is 120 Å². The standard InChI is InChI=1S/C12H6F2N2O2S2/c1-5-9(11(17)18)19-12(16-5)20-10-7(13)2-6(4-15)3-8(10)14/h2-3H,1H3,(H,17,18). The molecule has 0 atom stereocenters. The molecule has 4 nitrogen and oxygen atoms in total. The monoisotopic (exact) mass is 312 g/mol. The lowest BCUT2D eigenvalue weighted by molar-refractivity contribution is 0.0701. The molecule has 0 spiro atoms. The zero-order valence-corrected chi connectivity index (χ0v) is 11.6. The number of nitriles is 1. The molecule has 8 heteroatoms. The first-order valence-electron chi connectivity index (χ1n) is 5.20. The summed E-state index contributed by atoms with van der Waals surface area (Å²) in [5.41, 5.74) is 0.172. The number of rotatable bonds is 3. The third-order valence-corrected chi connectivity index (χ3v) is 4.59. The van der Waals surface area contributed by atoms with Gasteiger partial charge >= 0.3 is 5.97 Å². The summed E-state index contributed by atoms with van der Waals surface area (Å²) in [7, 11) is 0. The van der Waals surface area contributed by atoms with Crippen molar-refractivity contribution < 1.29 is 18.7 Å². The van der Waals surface area contributed by atoms with Gasteiger partial charge in [0.1, 0.15) is 16.5 Å². The minimum atomic E-state index is -1.13. The maximum atomic E-state index is 13.7. The number of nitrogens with zero attached hydrogens (tertiary/aromatic N) is 2. The van der Waals surface area contributed by atoms with Gasteiger partial charge in [0.2, 0.25) is 0 Å². The van der Waals surface area contributed by atoms with Gasteiger partial charge in [0.25, 0.3) is 0 Å². The molecule has 0 saturated carbocycles. The highest BCUT2D eigenvalue weighted by molar-refractivity contribution is 8.01. The van der Waals surface area contributed by atoms with E-state index in [-0.39, 0.29) is 19.7 Å². The van der Waals surface area contributed by atoms with Crippen LogP contribution in [-0.4, -0.2) is 16.1 Å². The van der Waals surface area contributed by atoms with E-state index in [2.05, 4.69) is 4.98 Å². The minimum absolute atomic E-state index is 0.0296. The van der Waals surface area contributed by atoms with Crippen LogP contribution in [0.5, 0.6) is 0 Å². The van der Waals surface area contributed by atoms with Crippen molar-refractivity contribution >= 4 is 29.1 Å². The second kappa shape index (κ2) is 5.56. The van der Waals surface area contributed by atoms with E-state index in [4.69, 9.17) is 10.4 Å². The van der Waals surface area contributed by atoms with Crippen molar-refractivity contribution in [2.24, 2.45) is 0 Å². The van der Waals surface area contributed by atoms with Crippen molar-refractivity contribution in [2.45, 2.75) is 16.2 Å². The van der Waals surface area contributed by atoms with Crippen LogP contribution in [0.15, 0.2) is 21.4 Å². The van der Waals surface area contributed by atoms with E-state index >= 15 is 0 Å². The van der Waals surface area contributed by atoms with Crippen molar-refractivity contribution in [2.75, 3.05) is 0 Å². The molecule has 0 radical (unpaired) electrons. The van der Waals surface area contributed by atoms with Crippen LogP contribution in [0.3, 0.4) is 0 Å². The Bertz CT molecular complexity index is 715. The van der Waals surface area contributed by atoms with Gasteiger partial charge in [0.05, 0.1) is 22.2 Å². The quantitative estimate of drug-likeness (QED) is 0.939. The van der Waals surface area contributed by atoms with Crippen molar-refractivity contribution in [3.63, 3.8) is 0 Å². The normalized spacial score (nSPS) is 10.3. The predicted molar refractivity (Wildman–Crippen MR) is 69.0 cm³/mol. The lowest BCUT2D eigenvalue weighted by Gasteiger charge is -2.02. The molecule has 0 aliphatic rings. The largest absolute Gasteiger partial charge is 0.477 e. The van der Waals surface area contributed by atoms with Crippen LogP contribution in [0.25, 0.3) is 0 Å². The third kappa shape index (κ3) is 2.79. The zero-order valence-electron chi connectivity index (χ0n) is 9.98. The van der Waals surface area contributed by atoms with Crippen molar-refractivity contribution in [3.05, 3.63) is 39.9 Å². The fraction of sp³-hybridized carbons (Fsp3) is 0.0833. The topological polar surface area (TPSA) is 74.0 Å². The van der Waals surface area contributed by atoms with Gasteiger partial charge in [-0.3, -0.25) is 0 Å². The molecule has 0 amide bonds. The molecule has 0 aliphatic carbocycles. The van der Waals surface area contributed by atoms with E-state index in [1.54, 1.807) is 6.07 Å². The summed E-state index contributed by atoms with van der Waals surface area (Å²) >= 11 is 1.54. The van der Waals surface area contributed by atoms with Gasteiger partial charge in [0, 0.05) is 0 Å². The lowest BCUT2D eigenvalue weighted by Crippen LogP contribution is -1.94. The zero-order chi connectivity index (χ0) is 14.9. The van der Waals surface area contributed by atoms with Gasteiger partial charge in [0.15, 0.2) is 4.34 Å². The summed E-state index contributed by atoms with van der Waals surface area (Å²) < 4.78 is 27.6. The Morgan fingerprint density at radius 1 is 1.45 bits per heavy atom. The Morgan fingerprint density at radius 2 is 2.05 bits per heavy atom. The predicted octanol–water partition coefficient (Wildman–Crippen LogP) is 3.45. The third-order valence-electron chi connectivity index (χ3n) is 2.29. The maximum Gasteiger partial charge on any atom is 0.347 e. The lowest BCUT2D eigenvalue weighted by atomic mass is 10.2. The Hall–Kier alpha value is -1.98. The number of carboxylic acid groups (broad SMARTS) is 1. The van der Waals surface area contributed by atoms with E-state index in [1.165, 1.54) is 6.92 Å². The maximum absolute atomic E-state index is 13.7. The average Bonchev–Trinajstić information content (AvgIpc) is 2.74. The number of aryl methyl sites for hydroxylation is 1. The van der Waals surface area contributed by atoms with E-state index in [1.807, 2.05) is 0 Å². The highest BCUT2D eigenvalue weighted by Crippen LogP contribution is 2.36. The second-order valence-electron chi connectivity index (χ2n) is 3.68. The Balaban J connectivity index is 2.38. The van der Waals surface area contributed by atoms with Gasteiger partial charge in [-0.15, -0.1) is 11.3 Å². The van der Waals surface area contributed by atoms with Gasteiger partial charge in [-0.1, -0.05) is 11.8 Å². The molecular weight excluding hydrogens is 306 g/mol. The van der Waals surface area contributed by atoms with E-state index < -0.39 is 17.6 Å². The SMILES string of the molecule is Cc1nc(Sc2c(F)cc(C#N)cc2F)sc1C(=O)O. The molecule has 1 aromatic carbocycles. The van der Waals surface area contributed by atoms with Crippen LogP contribution in [0.4, 0.5) is 8.78 Å². The van der Waals surface area contributed by atoms with Gasteiger partial charge in [-0.2, -0.15) is 5.26 Å². The Kier molecular flexibility index (Phi) is 4.01.